The number of amides is 1. The summed E-state index contributed by atoms with van der Waals surface area (Å²) in [5, 5.41) is 2.89. The van der Waals surface area contributed by atoms with Gasteiger partial charge in [0.15, 0.2) is 20.9 Å². The van der Waals surface area contributed by atoms with Crippen LogP contribution in [-0.4, -0.2) is 72.7 Å². The molecule has 3 fully saturated rings. The Morgan fingerprint density at radius 1 is 0.950 bits per heavy atom. The van der Waals surface area contributed by atoms with Gasteiger partial charge in [0.25, 0.3) is 0 Å². The Hall–Kier alpha value is -0.813. The number of rotatable bonds is 15. The van der Waals surface area contributed by atoms with E-state index in [1.54, 1.807) is 7.11 Å². The van der Waals surface area contributed by atoms with Crippen molar-refractivity contribution in [3.8, 4) is 0 Å². The first-order chi connectivity index (χ1) is 19.1. The largest absolute Gasteiger partial charge is 0.416 e. The fourth-order valence-corrected chi connectivity index (χ4v) is 6.58. The number of hydrogen-bond acceptors (Lipinski definition) is 7. The smallest absolute Gasteiger partial charge is 0.221 e. The van der Waals surface area contributed by atoms with Gasteiger partial charge in [0.05, 0.1) is 12.2 Å². The third-order valence-corrected chi connectivity index (χ3v) is 13.6. The maximum Gasteiger partial charge on any atom is 0.221 e. The van der Waals surface area contributed by atoms with E-state index < -0.39 is 8.32 Å². The van der Waals surface area contributed by atoms with Gasteiger partial charge in [0.2, 0.25) is 5.91 Å². The summed E-state index contributed by atoms with van der Waals surface area (Å²) < 4.78 is 37.1. The molecule has 0 aromatic rings. The molecule has 3 aliphatic rings. The minimum absolute atomic E-state index is 0.0275. The molecule has 8 nitrogen and oxygen atoms in total. The summed E-state index contributed by atoms with van der Waals surface area (Å²) in [6.45, 7) is 14.0. The van der Waals surface area contributed by atoms with Gasteiger partial charge < -0.3 is 33.4 Å². The van der Waals surface area contributed by atoms with Gasteiger partial charge in [0, 0.05) is 45.7 Å². The molecule has 0 bridgehead atoms. The quantitative estimate of drug-likeness (QED) is 0.105. The molecule has 6 atom stereocenters. The molecular weight excluding hydrogens is 526 g/mol. The Balaban J connectivity index is 1.69. The first-order valence-corrected chi connectivity index (χ1v) is 18.6. The lowest BCUT2D eigenvalue weighted by Crippen LogP contribution is -2.44. The minimum atomic E-state index is -1.93. The standard InChI is InChI=1S/C31H57NO7Si/c1-31(2,3)40(5,6)37-22-25-24(15-9-7-8-10-16-28(33)32-23-34-4)26(38-29-17-11-13-19-35-29)21-27(25)39-30-18-12-14-20-36-30/h7,9,24-27,29-30H,8,10-23H2,1-6H3,(H,32,33)/b9-7-/t24-,25-,26+,27-,29?,30?/m1/s1. The predicted octanol–water partition coefficient (Wildman–Crippen LogP) is 6.30. The monoisotopic (exact) mass is 583 g/mol. The zero-order valence-electron chi connectivity index (χ0n) is 26.1. The van der Waals surface area contributed by atoms with Crippen molar-refractivity contribution in [2.45, 2.75) is 134 Å². The third-order valence-electron chi connectivity index (χ3n) is 9.10. The summed E-state index contributed by atoms with van der Waals surface area (Å²) in [7, 11) is -0.360. The summed E-state index contributed by atoms with van der Waals surface area (Å²) in [5.74, 6) is 0.516. The average Bonchev–Trinajstić information content (AvgIpc) is 3.23. The second kappa shape index (κ2) is 16.7. The van der Waals surface area contributed by atoms with Crippen molar-refractivity contribution in [1.82, 2.24) is 5.32 Å². The van der Waals surface area contributed by atoms with Gasteiger partial charge in [-0.2, -0.15) is 0 Å². The molecule has 2 unspecified atom stereocenters. The minimum Gasteiger partial charge on any atom is -0.416 e. The van der Waals surface area contributed by atoms with E-state index in [1.165, 1.54) is 0 Å². The number of ether oxygens (including phenoxy) is 5. The molecule has 1 aliphatic carbocycles. The van der Waals surface area contributed by atoms with Gasteiger partial charge in [-0.15, -0.1) is 0 Å². The number of nitrogens with one attached hydrogen (secondary N) is 1. The molecule has 9 heteroatoms. The highest BCUT2D eigenvalue weighted by atomic mass is 28.4. The zero-order valence-corrected chi connectivity index (χ0v) is 27.1. The topological polar surface area (TPSA) is 84.5 Å². The van der Waals surface area contributed by atoms with Crippen LogP contribution in [0.3, 0.4) is 0 Å². The predicted molar refractivity (Wildman–Crippen MR) is 159 cm³/mol. The SMILES string of the molecule is COCNC(=O)CCC/C=C\C[C@@H]1[C@@H](CO[Si](C)(C)C(C)(C)C)[C@H](OC2CCCCO2)C[C@@H]1OC1CCCCO1. The summed E-state index contributed by atoms with van der Waals surface area (Å²) in [6, 6.07) is 0. The fraction of sp³-hybridized carbons (Fsp3) is 0.903. The van der Waals surface area contributed by atoms with Crippen LogP contribution in [0.2, 0.25) is 18.1 Å². The number of hydrogen-bond donors (Lipinski definition) is 1. The van der Waals surface area contributed by atoms with Gasteiger partial charge >= 0.3 is 0 Å². The van der Waals surface area contributed by atoms with Gasteiger partial charge in [-0.25, -0.2) is 0 Å². The molecule has 0 radical (unpaired) electrons. The molecule has 2 heterocycles. The van der Waals surface area contributed by atoms with E-state index in [2.05, 4.69) is 51.3 Å². The highest BCUT2D eigenvalue weighted by Gasteiger charge is 2.48. The van der Waals surface area contributed by atoms with Crippen molar-refractivity contribution in [2.75, 3.05) is 33.7 Å². The third kappa shape index (κ3) is 10.8. The van der Waals surface area contributed by atoms with Gasteiger partial charge in [-0.1, -0.05) is 32.9 Å². The molecule has 2 saturated heterocycles. The average molecular weight is 584 g/mol. The number of methoxy groups -OCH3 is 1. The van der Waals surface area contributed by atoms with Crippen LogP contribution < -0.4 is 5.32 Å². The number of carbonyl (C=O) groups excluding carboxylic acids is 1. The van der Waals surface area contributed by atoms with Gasteiger partial charge in [-0.05, 0) is 81.8 Å². The van der Waals surface area contributed by atoms with E-state index in [4.69, 9.17) is 28.1 Å². The number of unbranched alkanes of at least 4 members (excludes halogenated alkanes) is 1. The Morgan fingerprint density at radius 3 is 2.12 bits per heavy atom. The summed E-state index contributed by atoms with van der Waals surface area (Å²) >= 11 is 0. The normalized spacial score (nSPS) is 30.1. The molecule has 1 saturated carbocycles. The molecule has 1 N–H and O–H groups in total. The maximum atomic E-state index is 11.9. The van der Waals surface area contributed by atoms with Crippen LogP contribution in [0, 0.1) is 11.8 Å². The van der Waals surface area contributed by atoms with E-state index in [9.17, 15) is 4.79 Å². The van der Waals surface area contributed by atoms with Crippen molar-refractivity contribution in [3.63, 3.8) is 0 Å². The molecule has 3 rings (SSSR count). The van der Waals surface area contributed by atoms with Crippen LogP contribution in [-0.2, 0) is 32.9 Å². The van der Waals surface area contributed by atoms with Crippen LogP contribution in [0.25, 0.3) is 0 Å². The lowest BCUT2D eigenvalue weighted by atomic mass is 9.90. The second-order valence-electron chi connectivity index (χ2n) is 13.2. The molecule has 40 heavy (non-hydrogen) atoms. The van der Waals surface area contributed by atoms with Crippen molar-refractivity contribution in [3.05, 3.63) is 12.2 Å². The van der Waals surface area contributed by atoms with Crippen LogP contribution in [0.4, 0.5) is 0 Å². The Morgan fingerprint density at radius 2 is 1.57 bits per heavy atom. The Kier molecular flexibility index (Phi) is 14.1. The van der Waals surface area contributed by atoms with Crippen LogP contribution in [0.1, 0.15) is 91.4 Å². The lowest BCUT2D eigenvalue weighted by molar-refractivity contribution is -0.204. The van der Waals surface area contributed by atoms with E-state index in [0.29, 0.717) is 13.0 Å². The Labute approximate surface area is 244 Å². The maximum absolute atomic E-state index is 11.9. The highest BCUT2D eigenvalue weighted by molar-refractivity contribution is 6.74. The Bertz CT molecular complexity index is 759. The van der Waals surface area contributed by atoms with Gasteiger partial charge in [-0.3, -0.25) is 4.79 Å². The molecule has 2 aliphatic heterocycles. The molecular formula is C31H57NO7Si. The highest BCUT2D eigenvalue weighted by Crippen LogP contribution is 2.43. The van der Waals surface area contributed by atoms with Crippen LogP contribution >= 0.6 is 0 Å². The summed E-state index contributed by atoms with van der Waals surface area (Å²) in [6.07, 6.45) is 14.6. The van der Waals surface area contributed by atoms with Crippen LogP contribution in [0.5, 0.6) is 0 Å². The van der Waals surface area contributed by atoms with Gasteiger partial charge in [0.1, 0.15) is 6.73 Å². The zero-order chi connectivity index (χ0) is 29.0. The van der Waals surface area contributed by atoms with E-state index in [-0.39, 0.29) is 54.3 Å². The van der Waals surface area contributed by atoms with E-state index in [1.807, 2.05) is 0 Å². The van der Waals surface area contributed by atoms with Crippen molar-refractivity contribution in [1.29, 1.82) is 0 Å². The number of carbonyl (C=O) groups is 1. The molecule has 0 spiro atoms. The van der Waals surface area contributed by atoms with Crippen LogP contribution in [0.15, 0.2) is 12.2 Å². The second-order valence-corrected chi connectivity index (χ2v) is 18.0. The van der Waals surface area contributed by atoms with E-state index in [0.717, 1.165) is 77.4 Å². The summed E-state index contributed by atoms with van der Waals surface area (Å²) in [5.41, 5.74) is 0. The molecule has 232 valence electrons. The van der Waals surface area contributed by atoms with E-state index >= 15 is 0 Å². The first kappa shape index (κ1) is 33.7. The lowest BCUT2D eigenvalue weighted by Gasteiger charge is -2.39. The molecule has 0 aromatic heterocycles. The molecule has 1 amide bonds. The number of allylic oxidation sites excluding steroid dienone is 2. The van der Waals surface area contributed by atoms with Crippen molar-refractivity contribution in [2.24, 2.45) is 11.8 Å². The molecule has 0 aromatic carbocycles. The fourth-order valence-electron chi connectivity index (χ4n) is 5.54. The first-order valence-electron chi connectivity index (χ1n) is 15.7. The summed E-state index contributed by atoms with van der Waals surface area (Å²) in [4.78, 5) is 11.9. The van der Waals surface area contributed by atoms with Crippen molar-refractivity contribution >= 4 is 14.2 Å². The van der Waals surface area contributed by atoms with Crippen molar-refractivity contribution < 1.29 is 32.9 Å².